The van der Waals surface area contributed by atoms with E-state index in [0.717, 1.165) is 19.3 Å². The van der Waals surface area contributed by atoms with E-state index in [1.165, 1.54) is 0 Å². The molecule has 0 saturated carbocycles. The molecule has 0 spiro atoms. The Balaban J connectivity index is 2.75. The lowest BCUT2D eigenvalue weighted by Gasteiger charge is -2.18. The van der Waals surface area contributed by atoms with Crippen molar-refractivity contribution in [3.05, 3.63) is 12.2 Å². The van der Waals surface area contributed by atoms with E-state index in [1.807, 2.05) is 19.9 Å². The zero-order chi connectivity index (χ0) is 7.61. The predicted octanol–water partition coefficient (Wildman–Crippen LogP) is 2.32. The zero-order valence-electron chi connectivity index (χ0n) is 6.68. The van der Waals surface area contributed by atoms with Crippen LogP contribution >= 0.6 is 0 Å². The normalized spacial score (nSPS) is 24.4. The maximum absolute atomic E-state index is 11.2. The Morgan fingerprint density at radius 3 is 2.90 bits per heavy atom. The second kappa shape index (κ2) is 2.57. The minimum absolute atomic E-state index is 0.104. The molecule has 0 aromatic rings. The van der Waals surface area contributed by atoms with Crippen LogP contribution in [-0.2, 0) is 4.79 Å². The van der Waals surface area contributed by atoms with Crippen LogP contribution in [0.25, 0.3) is 0 Å². The van der Waals surface area contributed by atoms with Gasteiger partial charge in [0.15, 0.2) is 5.78 Å². The average molecular weight is 138 g/mol. The molecule has 0 saturated heterocycles. The van der Waals surface area contributed by atoms with Crippen molar-refractivity contribution in [2.75, 3.05) is 0 Å². The monoisotopic (exact) mass is 138 g/mol. The molecule has 0 aliphatic heterocycles. The number of hydrogen-bond donors (Lipinski definition) is 0. The molecule has 0 amide bonds. The molecule has 0 aromatic heterocycles. The van der Waals surface area contributed by atoms with Gasteiger partial charge < -0.3 is 0 Å². The first-order valence-corrected chi connectivity index (χ1v) is 3.84. The maximum atomic E-state index is 11.2. The van der Waals surface area contributed by atoms with Crippen LogP contribution < -0.4 is 0 Å². The molecule has 0 N–H and O–H groups in total. The van der Waals surface area contributed by atoms with Crippen LogP contribution in [0.3, 0.4) is 0 Å². The summed E-state index contributed by atoms with van der Waals surface area (Å²) in [4.78, 5) is 11.2. The molecule has 0 radical (unpaired) electrons. The Kier molecular flexibility index (Phi) is 1.93. The van der Waals surface area contributed by atoms with Gasteiger partial charge in [-0.25, -0.2) is 0 Å². The molecule has 0 atom stereocenters. The van der Waals surface area contributed by atoms with Gasteiger partial charge in [-0.05, 0) is 25.3 Å². The molecule has 0 bridgehead atoms. The lowest BCUT2D eigenvalue weighted by atomic mass is 9.84. The van der Waals surface area contributed by atoms with E-state index < -0.39 is 0 Å². The van der Waals surface area contributed by atoms with Crippen molar-refractivity contribution in [1.29, 1.82) is 0 Å². The van der Waals surface area contributed by atoms with Gasteiger partial charge in [0.05, 0.1) is 0 Å². The van der Waals surface area contributed by atoms with Gasteiger partial charge in [0.1, 0.15) is 0 Å². The molecular weight excluding hydrogens is 124 g/mol. The molecule has 0 fully saturated rings. The highest BCUT2D eigenvalue weighted by atomic mass is 16.1. The summed E-state index contributed by atoms with van der Waals surface area (Å²) in [5, 5.41) is 0. The van der Waals surface area contributed by atoms with Crippen LogP contribution in [0.2, 0.25) is 0 Å². The Hall–Kier alpha value is -0.590. The van der Waals surface area contributed by atoms with E-state index in [-0.39, 0.29) is 11.2 Å². The van der Waals surface area contributed by atoms with Crippen molar-refractivity contribution in [2.24, 2.45) is 5.41 Å². The maximum Gasteiger partial charge on any atom is 0.160 e. The molecule has 1 heteroatoms. The van der Waals surface area contributed by atoms with Crippen molar-refractivity contribution in [2.45, 2.75) is 33.1 Å². The van der Waals surface area contributed by atoms with Crippen molar-refractivity contribution in [1.82, 2.24) is 0 Å². The summed E-state index contributed by atoms with van der Waals surface area (Å²) >= 11 is 0. The van der Waals surface area contributed by atoms with Crippen LogP contribution in [0.4, 0.5) is 0 Å². The summed E-state index contributed by atoms with van der Waals surface area (Å²) in [5.41, 5.74) is -0.104. The molecule has 1 rings (SSSR count). The third-order valence-electron chi connectivity index (χ3n) is 2.11. The third-order valence-corrected chi connectivity index (χ3v) is 2.11. The van der Waals surface area contributed by atoms with Crippen LogP contribution in [0, 0.1) is 5.41 Å². The van der Waals surface area contributed by atoms with Crippen LogP contribution in [0.5, 0.6) is 0 Å². The quantitative estimate of drug-likeness (QED) is 0.502. The molecular formula is C9H14O. The molecule has 1 nitrogen and oxygen atoms in total. The summed E-state index contributed by atoms with van der Waals surface area (Å²) < 4.78 is 0. The average Bonchev–Trinajstić information content (AvgIpc) is 1.96. The summed E-state index contributed by atoms with van der Waals surface area (Å²) in [6.45, 7) is 4.04. The van der Waals surface area contributed by atoms with Crippen molar-refractivity contribution < 1.29 is 4.79 Å². The number of carbonyl (C=O) groups excluding carboxylic acids is 1. The van der Waals surface area contributed by atoms with Crippen LogP contribution in [0.1, 0.15) is 33.1 Å². The number of rotatable bonds is 0. The highest BCUT2D eigenvalue weighted by molar-refractivity contribution is 5.94. The second-order valence-corrected chi connectivity index (χ2v) is 3.54. The molecule has 0 unspecified atom stereocenters. The molecule has 1 aliphatic rings. The van der Waals surface area contributed by atoms with Crippen molar-refractivity contribution in [3.8, 4) is 0 Å². The number of carbonyl (C=O) groups is 1. The fourth-order valence-electron chi connectivity index (χ4n) is 1.20. The fourth-order valence-corrected chi connectivity index (χ4v) is 1.20. The predicted molar refractivity (Wildman–Crippen MR) is 41.8 cm³/mol. The Bertz CT molecular complexity index is 166. The Morgan fingerprint density at radius 1 is 1.50 bits per heavy atom. The summed E-state index contributed by atoms with van der Waals surface area (Å²) in [7, 11) is 0. The largest absolute Gasteiger partial charge is 0.294 e. The summed E-state index contributed by atoms with van der Waals surface area (Å²) in [6.07, 6.45) is 6.95. The zero-order valence-corrected chi connectivity index (χ0v) is 6.68. The smallest absolute Gasteiger partial charge is 0.160 e. The molecule has 1 aliphatic carbocycles. The lowest BCUT2D eigenvalue weighted by Crippen LogP contribution is -2.20. The second-order valence-electron chi connectivity index (χ2n) is 3.54. The summed E-state index contributed by atoms with van der Waals surface area (Å²) in [5.74, 6) is 0.282. The van der Waals surface area contributed by atoms with Gasteiger partial charge in [0.2, 0.25) is 0 Å². The van der Waals surface area contributed by atoms with Gasteiger partial charge in [-0.15, -0.1) is 0 Å². The number of allylic oxidation sites excluding steroid dienone is 2. The van der Waals surface area contributed by atoms with Crippen molar-refractivity contribution >= 4 is 5.78 Å². The summed E-state index contributed by atoms with van der Waals surface area (Å²) in [6, 6.07) is 0. The van der Waals surface area contributed by atoms with E-state index >= 15 is 0 Å². The Labute approximate surface area is 62.1 Å². The molecule has 10 heavy (non-hydrogen) atoms. The van der Waals surface area contributed by atoms with E-state index in [0.29, 0.717) is 0 Å². The van der Waals surface area contributed by atoms with Crippen LogP contribution in [-0.4, -0.2) is 5.78 Å². The van der Waals surface area contributed by atoms with Gasteiger partial charge in [0.25, 0.3) is 0 Å². The first-order valence-electron chi connectivity index (χ1n) is 3.84. The first-order chi connectivity index (χ1) is 4.63. The Morgan fingerprint density at radius 2 is 2.20 bits per heavy atom. The fraction of sp³-hybridized carbons (Fsp3) is 0.667. The number of ketones is 1. The van der Waals surface area contributed by atoms with Crippen molar-refractivity contribution in [3.63, 3.8) is 0 Å². The van der Waals surface area contributed by atoms with E-state index in [1.54, 1.807) is 6.08 Å². The molecule has 0 aromatic carbocycles. The van der Waals surface area contributed by atoms with Gasteiger partial charge in [-0.1, -0.05) is 19.9 Å². The van der Waals surface area contributed by atoms with E-state index in [2.05, 4.69) is 0 Å². The lowest BCUT2D eigenvalue weighted by molar-refractivity contribution is -0.122. The number of hydrogen-bond acceptors (Lipinski definition) is 1. The standard InChI is InChI=1S/C9H14O/c1-9(2)7-5-3-4-6-8(9)10/h4,6H,3,5,7H2,1-2H3. The van der Waals surface area contributed by atoms with Gasteiger partial charge in [-0.3, -0.25) is 4.79 Å². The van der Waals surface area contributed by atoms with E-state index in [9.17, 15) is 4.79 Å². The van der Waals surface area contributed by atoms with Gasteiger partial charge in [0, 0.05) is 5.41 Å². The minimum Gasteiger partial charge on any atom is -0.294 e. The highest BCUT2D eigenvalue weighted by Crippen LogP contribution is 2.27. The van der Waals surface area contributed by atoms with E-state index in [4.69, 9.17) is 0 Å². The SMILES string of the molecule is CC1(C)CCCC=CC1=O. The van der Waals surface area contributed by atoms with Gasteiger partial charge in [-0.2, -0.15) is 0 Å². The molecule has 56 valence electrons. The molecule has 0 heterocycles. The highest BCUT2D eigenvalue weighted by Gasteiger charge is 2.25. The third kappa shape index (κ3) is 1.47. The van der Waals surface area contributed by atoms with Gasteiger partial charge >= 0.3 is 0 Å². The topological polar surface area (TPSA) is 17.1 Å². The van der Waals surface area contributed by atoms with Crippen LogP contribution in [0.15, 0.2) is 12.2 Å². The minimum atomic E-state index is -0.104. The first kappa shape index (κ1) is 7.52.